The molecule has 0 aromatic heterocycles. The van der Waals surface area contributed by atoms with Crippen LogP contribution in [0.1, 0.15) is 37.0 Å². The van der Waals surface area contributed by atoms with Crippen LogP contribution in [0.25, 0.3) is 6.08 Å². The molecule has 0 unspecified atom stereocenters. The molecule has 0 atom stereocenters. The van der Waals surface area contributed by atoms with E-state index in [1.54, 1.807) is 18.2 Å². The molecular weight excluding hydrogens is 418 g/mol. The fourth-order valence-electron chi connectivity index (χ4n) is 3.08. The minimum atomic E-state index is -0.596. The molecule has 0 saturated heterocycles. The van der Waals surface area contributed by atoms with Crippen molar-refractivity contribution in [2.45, 2.75) is 33.5 Å². The number of hydrogen-bond acceptors (Lipinski definition) is 8. The summed E-state index contributed by atoms with van der Waals surface area (Å²) in [5.74, 6) is 1.09. The van der Waals surface area contributed by atoms with Crippen LogP contribution in [-0.4, -0.2) is 30.9 Å². The van der Waals surface area contributed by atoms with Crippen molar-refractivity contribution in [3.8, 4) is 17.2 Å². The second-order valence-electron chi connectivity index (χ2n) is 6.89. The topological polar surface area (TPSA) is 106 Å². The van der Waals surface area contributed by atoms with Gasteiger partial charge in [-0.2, -0.15) is 0 Å². The molecule has 0 bridgehead atoms. The van der Waals surface area contributed by atoms with E-state index in [1.807, 2.05) is 19.9 Å². The van der Waals surface area contributed by atoms with E-state index >= 15 is 0 Å². The number of benzene rings is 2. The molecule has 0 saturated carbocycles. The number of non-ortho nitro benzene ring substituents is 1. The monoisotopic (exact) mass is 443 g/mol. The summed E-state index contributed by atoms with van der Waals surface area (Å²) >= 11 is 0. The zero-order chi connectivity index (χ0) is 22.9. The van der Waals surface area contributed by atoms with Gasteiger partial charge in [-0.25, -0.2) is 4.79 Å². The Hall–Kier alpha value is -3.59. The van der Waals surface area contributed by atoms with E-state index in [0.717, 1.165) is 12.0 Å². The summed E-state index contributed by atoms with van der Waals surface area (Å²) in [6.07, 6.45) is 3.76. The number of hydrogen-bond donors (Lipinski definition) is 0. The second kappa shape index (κ2) is 11.1. The lowest BCUT2D eigenvalue weighted by Gasteiger charge is -2.20. The number of fused-ring (bicyclic) bond motifs is 1. The first-order valence-electron chi connectivity index (χ1n) is 10.3. The molecule has 2 aromatic carbocycles. The Kier molecular flexibility index (Phi) is 8.04. The van der Waals surface area contributed by atoms with Gasteiger partial charge in [0.05, 0.1) is 24.7 Å². The minimum Gasteiger partial charge on any atom is -0.490 e. The quantitative estimate of drug-likeness (QED) is 0.230. The van der Waals surface area contributed by atoms with Gasteiger partial charge in [-0.3, -0.25) is 10.1 Å². The zero-order valence-electron chi connectivity index (χ0n) is 18.0. The van der Waals surface area contributed by atoms with Gasteiger partial charge in [0.15, 0.2) is 18.3 Å². The second-order valence-corrected chi connectivity index (χ2v) is 6.89. The van der Waals surface area contributed by atoms with Crippen LogP contribution in [0.4, 0.5) is 5.69 Å². The number of nitrogens with zero attached hydrogens (tertiary/aromatic N) is 1. The highest BCUT2D eigenvalue weighted by atomic mass is 16.7. The third-order valence-electron chi connectivity index (χ3n) is 4.49. The SMILES string of the molecule is CCCOc1ccc(C=CC(=O)OCc2cc([N+](=O)[O-])cc3c2OCOC3)cc1OCC. The molecule has 170 valence electrons. The number of carbonyl (C=O) groups excluding carboxylic acids is 1. The lowest BCUT2D eigenvalue weighted by molar-refractivity contribution is -0.385. The fourth-order valence-corrected chi connectivity index (χ4v) is 3.08. The number of nitro benzene ring substituents is 1. The van der Waals surface area contributed by atoms with E-state index in [2.05, 4.69) is 0 Å². The first kappa shape index (κ1) is 23.1. The summed E-state index contributed by atoms with van der Waals surface area (Å²) < 4.78 is 27.2. The smallest absolute Gasteiger partial charge is 0.331 e. The summed E-state index contributed by atoms with van der Waals surface area (Å²) in [5, 5.41) is 11.2. The molecule has 0 fully saturated rings. The maximum absolute atomic E-state index is 12.2. The van der Waals surface area contributed by atoms with Crippen molar-refractivity contribution >= 4 is 17.7 Å². The molecule has 9 heteroatoms. The summed E-state index contributed by atoms with van der Waals surface area (Å²) in [4.78, 5) is 22.9. The van der Waals surface area contributed by atoms with E-state index in [4.69, 9.17) is 23.7 Å². The van der Waals surface area contributed by atoms with Crippen molar-refractivity contribution < 1.29 is 33.4 Å². The molecule has 1 heterocycles. The molecule has 1 aliphatic rings. The van der Waals surface area contributed by atoms with Gasteiger partial charge >= 0.3 is 5.97 Å². The number of esters is 1. The van der Waals surface area contributed by atoms with Gasteiger partial charge in [-0.15, -0.1) is 0 Å². The normalized spacial score (nSPS) is 12.7. The van der Waals surface area contributed by atoms with Crippen molar-refractivity contribution in [1.82, 2.24) is 0 Å². The van der Waals surface area contributed by atoms with E-state index in [9.17, 15) is 14.9 Å². The van der Waals surface area contributed by atoms with Crippen LogP contribution in [0.15, 0.2) is 36.4 Å². The number of ether oxygens (including phenoxy) is 5. The van der Waals surface area contributed by atoms with Gasteiger partial charge in [-0.1, -0.05) is 13.0 Å². The number of nitro groups is 1. The summed E-state index contributed by atoms with van der Waals surface area (Å²) in [5.41, 5.74) is 1.58. The van der Waals surface area contributed by atoms with Gasteiger partial charge < -0.3 is 23.7 Å². The summed E-state index contributed by atoms with van der Waals surface area (Å²) in [6, 6.07) is 8.11. The molecule has 0 N–H and O–H groups in total. The van der Waals surface area contributed by atoms with E-state index < -0.39 is 10.9 Å². The summed E-state index contributed by atoms with van der Waals surface area (Å²) in [6.45, 7) is 5.03. The maximum atomic E-state index is 12.2. The predicted molar refractivity (Wildman–Crippen MR) is 116 cm³/mol. The predicted octanol–water partition coefficient (Wildman–Crippen LogP) is 4.41. The highest BCUT2D eigenvalue weighted by molar-refractivity contribution is 5.87. The summed E-state index contributed by atoms with van der Waals surface area (Å²) in [7, 11) is 0. The first-order chi connectivity index (χ1) is 15.5. The van der Waals surface area contributed by atoms with Crippen LogP contribution in [0.2, 0.25) is 0 Å². The Morgan fingerprint density at radius 3 is 2.78 bits per heavy atom. The molecule has 0 radical (unpaired) electrons. The van der Waals surface area contributed by atoms with Crippen molar-refractivity contribution in [3.63, 3.8) is 0 Å². The third kappa shape index (κ3) is 5.98. The Labute approximate surface area is 185 Å². The number of rotatable bonds is 10. The Bertz CT molecular complexity index is 1000. The van der Waals surface area contributed by atoms with Gasteiger partial charge in [0.2, 0.25) is 0 Å². The largest absolute Gasteiger partial charge is 0.490 e. The fraction of sp³-hybridized carbons (Fsp3) is 0.348. The number of carbonyl (C=O) groups is 1. The van der Waals surface area contributed by atoms with E-state index in [0.29, 0.717) is 41.6 Å². The van der Waals surface area contributed by atoms with Crippen LogP contribution in [0.5, 0.6) is 17.2 Å². The van der Waals surface area contributed by atoms with Gasteiger partial charge in [0.1, 0.15) is 12.4 Å². The van der Waals surface area contributed by atoms with Crippen LogP contribution in [-0.2, 0) is 27.5 Å². The van der Waals surface area contributed by atoms with Gasteiger partial charge in [-0.05, 0) is 37.1 Å². The average molecular weight is 443 g/mol. The third-order valence-corrected chi connectivity index (χ3v) is 4.49. The van der Waals surface area contributed by atoms with E-state index in [-0.39, 0.29) is 25.7 Å². The highest BCUT2D eigenvalue weighted by Gasteiger charge is 2.21. The lowest BCUT2D eigenvalue weighted by atomic mass is 10.1. The molecule has 2 aromatic rings. The molecule has 0 spiro atoms. The van der Waals surface area contributed by atoms with Gasteiger partial charge in [0.25, 0.3) is 5.69 Å². The Balaban J connectivity index is 1.68. The standard InChI is InChI=1S/C23H25NO8/c1-3-9-30-20-7-5-16(10-21(20)29-4-2)6-8-22(25)31-14-18-12-19(24(26)27)11-17-13-28-15-32-23(17)18/h5-8,10-12H,3-4,9,13-15H2,1-2H3. The molecule has 1 aliphatic heterocycles. The van der Waals surface area contributed by atoms with Gasteiger partial charge in [0, 0.05) is 29.3 Å². The minimum absolute atomic E-state index is 0.0335. The Morgan fingerprint density at radius 2 is 2.03 bits per heavy atom. The lowest BCUT2D eigenvalue weighted by Crippen LogP contribution is -2.14. The Morgan fingerprint density at radius 1 is 1.19 bits per heavy atom. The van der Waals surface area contributed by atoms with Crippen LogP contribution in [0, 0.1) is 10.1 Å². The van der Waals surface area contributed by atoms with Crippen LogP contribution >= 0.6 is 0 Å². The van der Waals surface area contributed by atoms with Crippen LogP contribution < -0.4 is 14.2 Å². The molecule has 32 heavy (non-hydrogen) atoms. The highest BCUT2D eigenvalue weighted by Crippen LogP contribution is 2.33. The van der Waals surface area contributed by atoms with E-state index in [1.165, 1.54) is 18.2 Å². The average Bonchev–Trinajstić information content (AvgIpc) is 2.80. The first-order valence-corrected chi connectivity index (χ1v) is 10.3. The molecule has 0 aliphatic carbocycles. The van der Waals surface area contributed by atoms with Crippen molar-refractivity contribution in [2.24, 2.45) is 0 Å². The molecule has 3 rings (SSSR count). The van der Waals surface area contributed by atoms with Crippen molar-refractivity contribution in [2.75, 3.05) is 20.0 Å². The molecule has 0 amide bonds. The van der Waals surface area contributed by atoms with Crippen LogP contribution in [0.3, 0.4) is 0 Å². The van der Waals surface area contributed by atoms with Crippen molar-refractivity contribution in [3.05, 3.63) is 63.2 Å². The van der Waals surface area contributed by atoms with Crippen molar-refractivity contribution in [1.29, 1.82) is 0 Å². The molecule has 9 nitrogen and oxygen atoms in total. The zero-order valence-corrected chi connectivity index (χ0v) is 18.0. The maximum Gasteiger partial charge on any atom is 0.331 e. The molecular formula is C23H25NO8.